The van der Waals surface area contributed by atoms with Gasteiger partial charge < -0.3 is 20.3 Å². The van der Waals surface area contributed by atoms with Crippen molar-refractivity contribution < 1.29 is 19.1 Å². The Kier molecular flexibility index (Phi) is 9.48. The summed E-state index contributed by atoms with van der Waals surface area (Å²) < 4.78 is 5.26. The Balaban J connectivity index is 2.37. The predicted molar refractivity (Wildman–Crippen MR) is 130 cm³/mol. The van der Waals surface area contributed by atoms with Crippen molar-refractivity contribution in [3.63, 3.8) is 0 Å². The van der Waals surface area contributed by atoms with E-state index >= 15 is 0 Å². The molecule has 2 N–H and O–H groups in total. The van der Waals surface area contributed by atoms with E-state index in [0.29, 0.717) is 5.56 Å². The van der Waals surface area contributed by atoms with Crippen molar-refractivity contribution in [1.29, 1.82) is 5.26 Å². The largest absolute Gasteiger partial charge is 0.444 e. The maximum absolute atomic E-state index is 13.6. The highest BCUT2D eigenvalue weighted by Crippen LogP contribution is 2.28. The second kappa shape index (κ2) is 11.9. The van der Waals surface area contributed by atoms with E-state index in [1.54, 1.807) is 20.8 Å². The lowest BCUT2D eigenvalue weighted by Crippen LogP contribution is -2.53. The molecule has 186 valence electrons. The first-order valence-corrected chi connectivity index (χ1v) is 12.0. The molecule has 0 saturated heterocycles. The Hall–Kier alpha value is -3.08. The van der Waals surface area contributed by atoms with Crippen LogP contribution in [0.2, 0.25) is 0 Å². The van der Waals surface area contributed by atoms with E-state index in [4.69, 9.17) is 4.74 Å². The second-order valence-electron chi connectivity index (χ2n) is 10.1. The first-order chi connectivity index (χ1) is 15.9. The van der Waals surface area contributed by atoms with Crippen molar-refractivity contribution in [1.82, 2.24) is 15.5 Å². The third kappa shape index (κ3) is 7.75. The minimum Gasteiger partial charge on any atom is -0.444 e. The number of amides is 3. The fraction of sp³-hybridized carbons (Fsp3) is 0.615. The SMILES string of the molecule is Cc1ccc(C)c(C(C(=O)NC2CCCCC2)N(CC#N)C(=O)C(C)NC(=O)OC(C)(C)C)c1. The molecule has 2 rings (SSSR count). The number of carbonyl (C=O) groups is 3. The van der Waals surface area contributed by atoms with Crippen molar-refractivity contribution in [2.75, 3.05) is 6.54 Å². The van der Waals surface area contributed by atoms with E-state index in [9.17, 15) is 19.6 Å². The van der Waals surface area contributed by atoms with Gasteiger partial charge in [-0.15, -0.1) is 0 Å². The highest BCUT2D eigenvalue weighted by molar-refractivity contribution is 5.92. The fourth-order valence-corrected chi connectivity index (χ4v) is 4.20. The van der Waals surface area contributed by atoms with Crippen LogP contribution in [0.3, 0.4) is 0 Å². The second-order valence-corrected chi connectivity index (χ2v) is 10.1. The molecule has 1 aromatic carbocycles. The first-order valence-electron chi connectivity index (χ1n) is 12.0. The summed E-state index contributed by atoms with van der Waals surface area (Å²) in [6.07, 6.45) is 4.32. The molecule has 0 spiro atoms. The maximum Gasteiger partial charge on any atom is 0.408 e. The van der Waals surface area contributed by atoms with Crippen LogP contribution in [0.25, 0.3) is 0 Å². The summed E-state index contributed by atoms with van der Waals surface area (Å²) in [4.78, 5) is 40.6. The lowest BCUT2D eigenvalue weighted by Gasteiger charge is -2.34. The quantitative estimate of drug-likeness (QED) is 0.584. The molecule has 2 atom stereocenters. The summed E-state index contributed by atoms with van der Waals surface area (Å²) in [5, 5.41) is 15.2. The highest BCUT2D eigenvalue weighted by Gasteiger charge is 2.36. The Labute approximate surface area is 203 Å². The van der Waals surface area contributed by atoms with E-state index in [-0.39, 0.29) is 18.5 Å². The molecule has 1 fully saturated rings. The van der Waals surface area contributed by atoms with Crippen molar-refractivity contribution >= 4 is 17.9 Å². The van der Waals surface area contributed by atoms with Crippen LogP contribution >= 0.6 is 0 Å². The van der Waals surface area contributed by atoms with E-state index < -0.39 is 29.7 Å². The standard InChI is InChI=1S/C26H38N4O4/c1-17-12-13-18(2)21(16-17)22(23(31)29-20-10-8-7-9-11-20)30(15-14-27)24(32)19(3)28-25(33)34-26(4,5)6/h12-13,16,19-20,22H,7-11,15H2,1-6H3,(H,28,33)(H,29,31). The number of alkyl carbamates (subject to hydrolysis) is 1. The molecule has 1 aliphatic rings. The molecule has 1 aromatic rings. The highest BCUT2D eigenvalue weighted by atomic mass is 16.6. The Bertz CT molecular complexity index is 926. The number of benzene rings is 1. The van der Waals surface area contributed by atoms with Crippen molar-refractivity contribution in [2.45, 2.75) is 97.4 Å². The van der Waals surface area contributed by atoms with Crippen molar-refractivity contribution in [2.24, 2.45) is 0 Å². The minimum absolute atomic E-state index is 0.0465. The van der Waals surface area contributed by atoms with E-state index in [0.717, 1.165) is 43.2 Å². The molecule has 8 heteroatoms. The third-order valence-corrected chi connectivity index (χ3v) is 5.87. The zero-order valence-corrected chi connectivity index (χ0v) is 21.2. The first kappa shape index (κ1) is 27.2. The summed E-state index contributed by atoms with van der Waals surface area (Å²) in [6.45, 7) is 10.2. The molecule has 1 aliphatic carbocycles. The van der Waals surface area contributed by atoms with Crippen LogP contribution in [-0.4, -0.2) is 47.0 Å². The lowest BCUT2D eigenvalue weighted by molar-refractivity contribution is -0.141. The number of nitrogens with one attached hydrogen (secondary N) is 2. The molecule has 0 aliphatic heterocycles. The predicted octanol–water partition coefficient (Wildman–Crippen LogP) is 4.06. The summed E-state index contributed by atoms with van der Waals surface area (Å²) in [5.41, 5.74) is 1.74. The summed E-state index contributed by atoms with van der Waals surface area (Å²) in [7, 11) is 0. The molecule has 2 unspecified atom stereocenters. The molecule has 8 nitrogen and oxygen atoms in total. The van der Waals surface area contributed by atoms with Gasteiger partial charge in [0.25, 0.3) is 0 Å². The van der Waals surface area contributed by atoms with Crippen LogP contribution in [-0.2, 0) is 14.3 Å². The number of ether oxygens (including phenoxy) is 1. The van der Waals surface area contributed by atoms with Gasteiger partial charge in [0.05, 0.1) is 6.07 Å². The van der Waals surface area contributed by atoms with Gasteiger partial charge in [-0.3, -0.25) is 9.59 Å². The van der Waals surface area contributed by atoms with Gasteiger partial charge in [-0.25, -0.2) is 4.79 Å². The zero-order chi connectivity index (χ0) is 25.5. The summed E-state index contributed by atoms with van der Waals surface area (Å²) >= 11 is 0. The molecule has 34 heavy (non-hydrogen) atoms. The maximum atomic E-state index is 13.6. The van der Waals surface area contributed by atoms with E-state index in [2.05, 4.69) is 10.6 Å². The summed E-state index contributed by atoms with van der Waals surface area (Å²) in [6, 6.07) is 5.82. The van der Waals surface area contributed by atoms with Crippen molar-refractivity contribution in [3.05, 3.63) is 34.9 Å². The van der Waals surface area contributed by atoms with Gasteiger partial charge in [-0.2, -0.15) is 5.26 Å². The Morgan fingerprint density at radius 2 is 1.82 bits per heavy atom. The van der Waals surface area contributed by atoms with Crippen LogP contribution in [0.15, 0.2) is 18.2 Å². The lowest BCUT2D eigenvalue weighted by atomic mass is 9.93. The van der Waals surface area contributed by atoms with E-state index in [1.807, 2.05) is 38.1 Å². The monoisotopic (exact) mass is 470 g/mol. The van der Waals surface area contributed by atoms with Gasteiger partial charge in [0.15, 0.2) is 0 Å². The molecule has 0 radical (unpaired) electrons. The Morgan fingerprint density at radius 3 is 2.41 bits per heavy atom. The molecular weight excluding hydrogens is 432 g/mol. The number of nitriles is 1. The number of nitrogens with zero attached hydrogens (tertiary/aromatic N) is 2. The number of aryl methyl sites for hydroxylation is 2. The van der Waals surface area contributed by atoms with Gasteiger partial charge >= 0.3 is 6.09 Å². The molecule has 0 bridgehead atoms. The average molecular weight is 471 g/mol. The average Bonchev–Trinajstić information content (AvgIpc) is 2.74. The van der Waals surface area contributed by atoms with Crippen LogP contribution in [0.4, 0.5) is 4.79 Å². The molecule has 0 heterocycles. The summed E-state index contributed by atoms with van der Waals surface area (Å²) in [5.74, 6) is -0.842. The number of hydrogen-bond acceptors (Lipinski definition) is 5. The van der Waals surface area contributed by atoms with Crippen LogP contribution in [0.1, 0.15) is 82.5 Å². The van der Waals surface area contributed by atoms with Crippen LogP contribution in [0.5, 0.6) is 0 Å². The minimum atomic E-state index is -0.989. The zero-order valence-electron chi connectivity index (χ0n) is 21.2. The Morgan fingerprint density at radius 1 is 1.18 bits per heavy atom. The normalized spacial score (nSPS) is 16.0. The number of rotatable bonds is 7. The fourth-order valence-electron chi connectivity index (χ4n) is 4.20. The smallest absolute Gasteiger partial charge is 0.408 e. The third-order valence-electron chi connectivity index (χ3n) is 5.87. The van der Waals surface area contributed by atoms with Gasteiger partial charge in [-0.05, 0) is 65.5 Å². The molecule has 3 amide bonds. The topological polar surface area (TPSA) is 112 Å². The van der Waals surface area contributed by atoms with Gasteiger partial charge in [0.1, 0.15) is 24.2 Å². The van der Waals surface area contributed by atoms with Crippen LogP contribution < -0.4 is 10.6 Å². The number of hydrogen-bond donors (Lipinski definition) is 2. The molecular formula is C26H38N4O4. The van der Waals surface area contributed by atoms with Gasteiger partial charge in [0, 0.05) is 6.04 Å². The molecule has 0 aromatic heterocycles. The van der Waals surface area contributed by atoms with E-state index in [1.165, 1.54) is 11.8 Å². The van der Waals surface area contributed by atoms with Gasteiger partial charge in [-0.1, -0.05) is 43.0 Å². The molecule has 1 saturated carbocycles. The van der Waals surface area contributed by atoms with Gasteiger partial charge in [0.2, 0.25) is 11.8 Å². The van der Waals surface area contributed by atoms with Crippen LogP contribution in [0, 0.1) is 25.2 Å². The van der Waals surface area contributed by atoms with Crippen molar-refractivity contribution in [3.8, 4) is 6.07 Å². The number of carbonyl (C=O) groups excluding carboxylic acids is 3.